The van der Waals surface area contributed by atoms with E-state index in [0.29, 0.717) is 5.92 Å². The summed E-state index contributed by atoms with van der Waals surface area (Å²) in [5.74, 6) is 1.24. The molecular weight excluding hydrogens is 291 g/mol. The number of ether oxygens (including phenoxy) is 2. The minimum Gasteiger partial charge on any atom is -0.497 e. The quantitative estimate of drug-likeness (QED) is 0.791. The first-order chi connectivity index (χ1) is 7.72. The van der Waals surface area contributed by atoms with Crippen LogP contribution in [0.5, 0.6) is 5.75 Å². The number of alkyl halides is 1. The number of halogens is 2. The molecule has 88 valence electrons. The SMILES string of the molecule is COc1ccc(C(Cl)C2CCOC2)c(Br)c1. The van der Waals surface area contributed by atoms with E-state index < -0.39 is 0 Å². The van der Waals surface area contributed by atoms with Gasteiger partial charge in [0.25, 0.3) is 0 Å². The Bertz CT molecular complexity index is 364. The molecule has 0 amide bonds. The van der Waals surface area contributed by atoms with Gasteiger partial charge in [-0.3, -0.25) is 0 Å². The summed E-state index contributed by atoms with van der Waals surface area (Å²) in [6, 6.07) is 5.89. The summed E-state index contributed by atoms with van der Waals surface area (Å²) in [5, 5.41) is 0.00258. The highest BCUT2D eigenvalue weighted by molar-refractivity contribution is 9.10. The predicted molar refractivity (Wildman–Crippen MR) is 68.2 cm³/mol. The van der Waals surface area contributed by atoms with Crippen LogP contribution in [0.1, 0.15) is 17.4 Å². The molecule has 16 heavy (non-hydrogen) atoms. The smallest absolute Gasteiger partial charge is 0.120 e. The molecule has 1 aromatic rings. The summed E-state index contributed by atoms with van der Waals surface area (Å²) in [4.78, 5) is 0. The molecule has 1 fully saturated rings. The van der Waals surface area contributed by atoms with E-state index in [1.807, 2.05) is 18.2 Å². The Kier molecular flexibility index (Phi) is 4.11. The minimum atomic E-state index is 0.00258. The normalized spacial score (nSPS) is 22.1. The zero-order valence-corrected chi connectivity index (χ0v) is 11.4. The second kappa shape index (κ2) is 5.39. The third kappa shape index (κ3) is 2.53. The van der Waals surface area contributed by atoms with Crippen LogP contribution in [-0.4, -0.2) is 20.3 Å². The zero-order valence-electron chi connectivity index (χ0n) is 9.08. The first kappa shape index (κ1) is 12.2. The molecule has 1 heterocycles. The highest BCUT2D eigenvalue weighted by Gasteiger charge is 2.26. The van der Waals surface area contributed by atoms with Crippen molar-refractivity contribution in [3.05, 3.63) is 28.2 Å². The average Bonchev–Trinajstić information content (AvgIpc) is 2.81. The van der Waals surface area contributed by atoms with Gasteiger partial charge in [0.05, 0.1) is 19.1 Å². The lowest BCUT2D eigenvalue weighted by Crippen LogP contribution is -2.08. The third-order valence-corrected chi connectivity index (χ3v) is 4.16. The van der Waals surface area contributed by atoms with Gasteiger partial charge in [-0.2, -0.15) is 0 Å². The fraction of sp³-hybridized carbons (Fsp3) is 0.500. The molecule has 1 saturated heterocycles. The van der Waals surface area contributed by atoms with E-state index in [0.717, 1.165) is 35.4 Å². The maximum atomic E-state index is 6.46. The van der Waals surface area contributed by atoms with Crippen LogP contribution in [0.4, 0.5) is 0 Å². The van der Waals surface area contributed by atoms with Crippen molar-refractivity contribution in [2.24, 2.45) is 5.92 Å². The number of benzene rings is 1. The van der Waals surface area contributed by atoms with Crippen LogP contribution >= 0.6 is 27.5 Å². The molecule has 4 heteroatoms. The summed E-state index contributed by atoms with van der Waals surface area (Å²) in [5.41, 5.74) is 1.11. The lowest BCUT2D eigenvalue weighted by molar-refractivity contribution is 0.185. The van der Waals surface area contributed by atoms with Gasteiger partial charge in [0.2, 0.25) is 0 Å². The van der Waals surface area contributed by atoms with Gasteiger partial charge in [0.1, 0.15) is 5.75 Å². The van der Waals surface area contributed by atoms with Crippen LogP contribution in [0.3, 0.4) is 0 Å². The highest BCUT2D eigenvalue weighted by atomic mass is 79.9. The topological polar surface area (TPSA) is 18.5 Å². The van der Waals surface area contributed by atoms with Gasteiger partial charge in [-0.05, 0) is 24.1 Å². The van der Waals surface area contributed by atoms with E-state index in [-0.39, 0.29) is 5.38 Å². The second-order valence-electron chi connectivity index (χ2n) is 3.91. The standard InChI is InChI=1S/C12H14BrClO2/c1-15-9-2-3-10(11(13)6-9)12(14)8-4-5-16-7-8/h2-3,6,8,12H,4-5,7H2,1H3. The average molecular weight is 306 g/mol. The molecule has 2 atom stereocenters. The van der Waals surface area contributed by atoms with E-state index in [4.69, 9.17) is 21.1 Å². The summed E-state index contributed by atoms with van der Waals surface area (Å²) >= 11 is 9.99. The first-order valence-corrected chi connectivity index (χ1v) is 6.50. The van der Waals surface area contributed by atoms with E-state index in [1.165, 1.54) is 0 Å². The maximum absolute atomic E-state index is 6.46. The molecule has 1 aliphatic rings. The van der Waals surface area contributed by atoms with Crippen molar-refractivity contribution in [1.82, 2.24) is 0 Å². The third-order valence-electron chi connectivity index (χ3n) is 2.88. The molecule has 0 bridgehead atoms. The molecule has 0 saturated carbocycles. The Labute approximate surface area is 109 Å². The van der Waals surface area contributed by atoms with Crippen molar-refractivity contribution >= 4 is 27.5 Å². The molecule has 0 spiro atoms. The van der Waals surface area contributed by atoms with Gasteiger partial charge in [-0.15, -0.1) is 11.6 Å². The van der Waals surface area contributed by atoms with Crippen molar-refractivity contribution in [3.63, 3.8) is 0 Å². The van der Waals surface area contributed by atoms with Crippen LogP contribution in [0, 0.1) is 5.92 Å². The van der Waals surface area contributed by atoms with Crippen LogP contribution in [-0.2, 0) is 4.74 Å². The van der Waals surface area contributed by atoms with E-state index in [2.05, 4.69) is 15.9 Å². The molecule has 2 rings (SSSR count). The van der Waals surface area contributed by atoms with E-state index in [9.17, 15) is 0 Å². The Balaban J connectivity index is 2.19. The van der Waals surface area contributed by atoms with Gasteiger partial charge >= 0.3 is 0 Å². The van der Waals surface area contributed by atoms with Crippen molar-refractivity contribution in [2.45, 2.75) is 11.8 Å². The molecule has 1 aromatic carbocycles. The van der Waals surface area contributed by atoms with E-state index in [1.54, 1.807) is 7.11 Å². The molecule has 2 unspecified atom stereocenters. The maximum Gasteiger partial charge on any atom is 0.120 e. The van der Waals surface area contributed by atoms with Gasteiger partial charge in [-0.25, -0.2) is 0 Å². The minimum absolute atomic E-state index is 0.00258. The van der Waals surface area contributed by atoms with Gasteiger partial charge in [0, 0.05) is 17.0 Å². The van der Waals surface area contributed by atoms with Crippen LogP contribution < -0.4 is 4.74 Å². The van der Waals surface area contributed by atoms with Crippen molar-refractivity contribution in [2.75, 3.05) is 20.3 Å². The Morgan fingerprint density at radius 2 is 2.38 bits per heavy atom. The molecule has 0 radical (unpaired) electrons. The van der Waals surface area contributed by atoms with Crippen LogP contribution in [0.15, 0.2) is 22.7 Å². The fourth-order valence-electron chi connectivity index (χ4n) is 1.90. The Hall–Kier alpha value is -0.250. The number of hydrogen-bond donors (Lipinski definition) is 0. The molecule has 0 N–H and O–H groups in total. The summed E-state index contributed by atoms with van der Waals surface area (Å²) in [6.07, 6.45) is 1.03. The van der Waals surface area contributed by atoms with E-state index >= 15 is 0 Å². The Morgan fingerprint density at radius 1 is 1.56 bits per heavy atom. The monoisotopic (exact) mass is 304 g/mol. The fourth-order valence-corrected chi connectivity index (χ4v) is 3.02. The number of methoxy groups -OCH3 is 1. The highest BCUT2D eigenvalue weighted by Crippen LogP contribution is 2.38. The van der Waals surface area contributed by atoms with Crippen molar-refractivity contribution in [3.8, 4) is 5.75 Å². The van der Waals surface area contributed by atoms with Gasteiger partial charge < -0.3 is 9.47 Å². The van der Waals surface area contributed by atoms with Crippen molar-refractivity contribution < 1.29 is 9.47 Å². The zero-order chi connectivity index (χ0) is 11.5. The molecule has 1 aliphatic heterocycles. The molecule has 0 aliphatic carbocycles. The summed E-state index contributed by atoms with van der Waals surface area (Å²) < 4.78 is 11.5. The first-order valence-electron chi connectivity index (χ1n) is 5.27. The number of hydrogen-bond acceptors (Lipinski definition) is 2. The Morgan fingerprint density at radius 3 is 2.94 bits per heavy atom. The molecular formula is C12H14BrClO2. The van der Waals surface area contributed by atoms with Gasteiger partial charge in [0.15, 0.2) is 0 Å². The molecule has 2 nitrogen and oxygen atoms in total. The number of rotatable bonds is 3. The second-order valence-corrected chi connectivity index (χ2v) is 5.24. The lowest BCUT2D eigenvalue weighted by Gasteiger charge is -2.17. The summed E-state index contributed by atoms with van der Waals surface area (Å²) in [6.45, 7) is 1.58. The van der Waals surface area contributed by atoms with Crippen molar-refractivity contribution in [1.29, 1.82) is 0 Å². The van der Waals surface area contributed by atoms with Crippen LogP contribution in [0.25, 0.3) is 0 Å². The predicted octanol–water partition coefficient (Wildman–Crippen LogP) is 3.77. The van der Waals surface area contributed by atoms with Gasteiger partial charge in [-0.1, -0.05) is 22.0 Å². The largest absolute Gasteiger partial charge is 0.497 e. The lowest BCUT2D eigenvalue weighted by atomic mass is 9.98. The summed E-state index contributed by atoms with van der Waals surface area (Å²) in [7, 11) is 1.66. The van der Waals surface area contributed by atoms with Crippen LogP contribution in [0.2, 0.25) is 0 Å². The molecule has 0 aromatic heterocycles.